The van der Waals surface area contributed by atoms with Crippen LogP contribution in [0.15, 0.2) is 36.4 Å². The van der Waals surface area contributed by atoms with Gasteiger partial charge < -0.3 is 4.74 Å². The summed E-state index contributed by atoms with van der Waals surface area (Å²) < 4.78 is 6.45. The Kier molecular flexibility index (Phi) is 3.03. The van der Waals surface area contributed by atoms with Crippen molar-refractivity contribution in [3.8, 4) is 0 Å². The molecule has 0 aliphatic rings. The van der Waals surface area contributed by atoms with Crippen molar-refractivity contribution in [2.24, 2.45) is 0 Å². The predicted molar refractivity (Wildman–Crippen MR) is 67.4 cm³/mol. The molecule has 0 aromatic heterocycles. The Morgan fingerprint density at radius 2 is 1.93 bits per heavy atom. The Morgan fingerprint density at radius 3 is 2.71 bits per heavy atom. The zero-order valence-corrected chi connectivity index (χ0v) is 10.1. The van der Waals surface area contributed by atoms with Crippen molar-refractivity contribution in [2.75, 3.05) is 7.11 Å². The van der Waals surface area contributed by atoms with E-state index in [1.807, 2.05) is 0 Å². The van der Waals surface area contributed by atoms with Crippen molar-refractivity contribution in [1.29, 1.82) is 0 Å². The number of rotatable bonds is 2. The van der Waals surface area contributed by atoms with Gasteiger partial charge in [-0.05, 0) is 38.9 Å². The summed E-state index contributed by atoms with van der Waals surface area (Å²) in [6.45, 7) is 0.684. The second-order valence-corrected chi connectivity index (χ2v) is 4.27. The smallest absolute Gasteiger partial charge is 0.0723 e. The molecule has 2 heteroatoms. The zero-order valence-electron chi connectivity index (χ0n) is 7.96. The zero-order chi connectivity index (χ0) is 9.97. The van der Waals surface area contributed by atoms with Crippen molar-refractivity contribution in [3.05, 3.63) is 45.5 Å². The summed E-state index contributed by atoms with van der Waals surface area (Å²) in [5.74, 6) is 0. The third-order valence-electron chi connectivity index (χ3n) is 2.24. The monoisotopic (exact) mass is 298 g/mol. The molecule has 0 spiro atoms. The summed E-state index contributed by atoms with van der Waals surface area (Å²) in [7, 11) is 1.73. The minimum atomic E-state index is 0.684. The molecule has 0 fully saturated rings. The van der Waals surface area contributed by atoms with E-state index >= 15 is 0 Å². The third-order valence-corrected chi connectivity index (χ3v) is 3.52. The molecule has 0 N–H and O–H groups in total. The second kappa shape index (κ2) is 4.28. The summed E-state index contributed by atoms with van der Waals surface area (Å²) in [5, 5.41) is 2.60. The van der Waals surface area contributed by atoms with Crippen LogP contribution in [-0.2, 0) is 11.3 Å². The van der Waals surface area contributed by atoms with Crippen LogP contribution in [-0.4, -0.2) is 7.11 Å². The molecule has 0 atom stereocenters. The number of halogens is 1. The molecule has 14 heavy (non-hydrogen) atoms. The number of ether oxygens (including phenoxy) is 1. The van der Waals surface area contributed by atoms with E-state index in [2.05, 4.69) is 59.0 Å². The molecular weight excluding hydrogens is 287 g/mol. The largest absolute Gasteiger partial charge is 0.380 e. The highest BCUT2D eigenvalue weighted by Crippen LogP contribution is 2.24. The van der Waals surface area contributed by atoms with E-state index in [1.165, 1.54) is 19.9 Å². The average molecular weight is 298 g/mol. The summed E-state index contributed by atoms with van der Waals surface area (Å²) >= 11 is 2.38. The standard InChI is InChI=1S/C12H11IO/c1-14-8-10-7-6-9-4-2-3-5-11(9)12(10)13/h2-7H,8H2,1H3. The molecule has 0 saturated carbocycles. The molecule has 0 heterocycles. The maximum absolute atomic E-state index is 5.15. The SMILES string of the molecule is COCc1ccc2ccccc2c1I. The highest BCUT2D eigenvalue weighted by Gasteiger charge is 2.03. The van der Waals surface area contributed by atoms with Crippen LogP contribution in [0.3, 0.4) is 0 Å². The first-order chi connectivity index (χ1) is 6.83. The fourth-order valence-electron chi connectivity index (χ4n) is 1.55. The van der Waals surface area contributed by atoms with Gasteiger partial charge in [0.2, 0.25) is 0 Å². The van der Waals surface area contributed by atoms with Gasteiger partial charge in [0.15, 0.2) is 0 Å². The van der Waals surface area contributed by atoms with Gasteiger partial charge in [0.05, 0.1) is 6.61 Å². The first-order valence-corrected chi connectivity index (χ1v) is 5.56. The first-order valence-electron chi connectivity index (χ1n) is 4.48. The fourth-order valence-corrected chi connectivity index (χ4v) is 2.37. The number of hydrogen-bond donors (Lipinski definition) is 0. The molecule has 2 aromatic rings. The molecule has 0 unspecified atom stereocenters. The van der Waals surface area contributed by atoms with E-state index < -0.39 is 0 Å². The highest BCUT2D eigenvalue weighted by molar-refractivity contribution is 14.1. The molecule has 72 valence electrons. The van der Waals surface area contributed by atoms with E-state index in [9.17, 15) is 0 Å². The molecule has 0 radical (unpaired) electrons. The highest BCUT2D eigenvalue weighted by atomic mass is 127. The van der Waals surface area contributed by atoms with E-state index in [0.717, 1.165) is 0 Å². The minimum absolute atomic E-state index is 0.684. The van der Waals surface area contributed by atoms with Gasteiger partial charge in [-0.3, -0.25) is 0 Å². The maximum atomic E-state index is 5.15. The lowest BCUT2D eigenvalue weighted by atomic mass is 10.1. The van der Waals surface area contributed by atoms with Gasteiger partial charge >= 0.3 is 0 Å². The Balaban J connectivity index is 2.63. The maximum Gasteiger partial charge on any atom is 0.0723 e. The number of hydrogen-bond acceptors (Lipinski definition) is 1. The molecular formula is C12H11IO. The van der Waals surface area contributed by atoms with Gasteiger partial charge in [0.25, 0.3) is 0 Å². The van der Waals surface area contributed by atoms with Crippen LogP contribution in [0.1, 0.15) is 5.56 Å². The minimum Gasteiger partial charge on any atom is -0.380 e. The molecule has 0 amide bonds. The lowest BCUT2D eigenvalue weighted by Gasteiger charge is -2.06. The lowest BCUT2D eigenvalue weighted by Crippen LogP contribution is -1.92. The quantitative estimate of drug-likeness (QED) is 0.770. The van der Waals surface area contributed by atoms with Crippen LogP contribution in [0.4, 0.5) is 0 Å². The Hall–Kier alpha value is -0.610. The van der Waals surface area contributed by atoms with E-state index in [1.54, 1.807) is 7.11 Å². The Labute approximate surface area is 97.2 Å². The van der Waals surface area contributed by atoms with Crippen molar-refractivity contribution >= 4 is 33.4 Å². The summed E-state index contributed by atoms with van der Waals surface area (Å²) in [4.78, 5) is 0. The fraction of sp³-hybridized carbons (Fsp3) is 0.167. The molecule has 0 saturated heterocycles. The summed E-state index contributed by atoms with van der Waals surface area (Å²) in [6.07, 6.45) is 0. The van der Waals surface area contributed by atoms with Gasteiger partial charge in [-0.2, -0.15) is 0 Å². The Morgan fingerprint density at radius 1 is 1.14 bits per heavy atom. The molecule has 0 bridgehead atoms. The molecule has 0 aliphatic heterocycles. The van der Waals surface area contributed by atoms with Gasteiger partial charge in [-0.25, -0.2) is 0 Å². The lowest BCUT2D eigenvalue weighted by molar-refractivity contribution is 0.184. The van der Waals surface area contributed by atoms with Crippen LogP contribution < -0.4 is 0 Å². The Bertz CT molecular complexity index is 451. The van der Waals surface area contributed by atoms with Gasteiger partial charge in [0, 0.05) is 10.7 Å². The van der Waals surface area contributed by atoms with Crippen LogP contribution in [0.25, 0.3) is 10.8 Å². The average Bonchev–Trinajstić information content (AvgIpc) is 2.23. The summed E-state index contributed by atoms with van der Waals surface area (Å²) in [5.41, 5.74) is 1.26. The van der Waals surface area contributed by atoms with E-state index in [0.29, 0.717) is 6.61 Å². The second-order valence-electron chi connectivity index (χ2n) is 3.19. The summed E-state index contributed by atoms with van der Waals surface area (Å²) in [6, 6.07) is 12.7. The molecule has 1 nitrogen and oxygen atoms in total. The van der Waals surface area contributed by atoms with Crippen LogP contribution in [0.2, 0.25) is 0 Å². The van der Waals surface area contributed by atoms with Crippen molar-refractivity contribution in [3.63, 3.8) is 0 Å². The third kappa shape index (κ3) is 1.77. The van der Waals surface area contributed by atoms with Gasteiger partial charge in [0.1, 0.15) is 0 Å². The molecule has 2 aromatic carbocycles. The predicted octanol–water partition coefficient (Wildman–Crippen LogP) is 3.59. The number of methoxy groups -OCH3 is 1. The molecule has 2 rings (SSSR count). The van der Waals surface area contributed by atoms with Crippen LogP contribution >= 0.6 is 22.6 Å². The van der Waals surface area contributed by atoms with E-state index in [4.69, 9.17) is 4.74 Å². The van der Waals surface area contributed by atoms with Crippen molar-refractivity contribution in [2.45, 2.75) is 6.61 Å². The van der Waals surface area contributed by atoms with Crippen molar-refractivity contribution in [1.82, 2.24) is 0 Å². The van der Waals surface area contributed by atoms with Crippen LogP contribution in [0.5, 0.6) is 0 Å². The van der Waals surface area contributed by atoms with Crippen molar-refractivity contribution < 1.29 is 4.74 Å². The normalized spacial score (nSPS) is 10.7. The number of benzene rings is 2. The van der Waals surface area contributed by atoms with Crippen LogP contribution in [0, 0.1) is 3.57 Å². The molecule has 0 aliphatic carbocycles. The van der Waals surface area contributed by atoms with Gasteiger partial charge in [-0.1, -0.05) is 36.4 Å². The number of fused-ring (bicyclic) bond motifs is 1. The first kappa shape index (κ1) is 9.93. The topological polar surface area (TPSA) is 9.23 Å². The van der Waals surface area contributed by atoms with E-state index in [-0.39, 0.29) is 0 Å². The van der Waals surface area contributed by atoms with Gasteiger partial charge in [-0.15, -0.1) is 0 Å².